The van der Waals surface area contributed by atoms with Gasteiger partial charge in [0.2, 0.25) is 0 Å². The maximum atomic E-state index is 13.4. The van der Waals surface area contributed by atoms with Crippen LogP contribution in [0.25, 0.3) is 10.2 Å². The maximum absolute atomic E-state index is 13.4. The van der Waals surface area contributed by atoms with E-state index in [0.717, 1.165) is 6.07 Å². The summed E-state index contributed by atoms with van der Waals surface area (Å²) >= 11 is 7.33. The summed E-state index contributed by atoms with van der Waals surface area (Å²) in [5, 5.41) is 5.09. The number of aromatic nitrogens is 2. The number of nitrogens with one attached hydrogen (secondary N) is 1. The van der Waals surface area contributed by atoms with Gasteiger partial charge < -0.3 is 10.1 Å². The molecule has 0 fully saturated rings. The van der Waals surface area contributed by atoms with Crippen molar-refractivity contribution in [1.82, 2.24) is 9.97 Å². The van der Waals surface area contributed by atoms with Crippen molar-refractivity contribution in [3.63, 3.8) is 0 Å². The minimum atomic E-state index is -4.35. The summed E-state index contributed by atoms with van der Waals surface area (Å²) in [6, 6.07) is 3.54. The van der Waals surface area contributed by atoms with Crippen LogP contribution in [-0.4, -0.2) is 22.8 Å². The van der Waals surface area contributed by atoms with E-state index < -0.39 is 25.0 Å². The molecule has 25 heavy (non-hydrogen) atoms. The van der Waals surface area contributed by atoms with Gasteiger partial charge in [-0.15, -0.1) is 11.3 Å². The second kappa shape index (κ2) is 7.01. The van der Waals surface area contributed by atoms with Crippen molar-refractivity contribution in [2.24, 2.45) is 0 Å². The smallest absolute Gasteiger partial charge is 0.392 e. The molecule has 0 atom stereocenters. The fourth-order valence-electron chi connectivity index (χ4n) is 2.03. The van der Waals surface area contributed by atoms with Gasteiger partial charge in [-0.3, -0.25) is 0 Å². The van der Waals surface area contributed by atoms with Crippen molar-refractivity contribution < 1.29 is 22.3 Å². The first-order chi connectivity index (χ1) is 11.8. The molecule has 0 aliphatic rings. The minimum absolute atomic E-state index is 0.0429. The number of fused-ring (bicyclic) bond motifs is 1. The molecule has 0 saturated carbocycles. The van der Waals surface area contributed by atoms with Crippen LogP contribution in [0.1, 0.15) is 6.42 Å². The Kier molecular flexibility index (Phi) is 4.96. The topological polar surface area (TPSA) is 47.0 Å². The highest BCUT2D eigenvalue weighted by atomic mass is 35.5. The van der Waals surface area contributed by atoms with Gasteiger partial charge in [-0.25, -0.2) is 14.4 Å². The molecule has 0 spiro atoms. The number of hydrogen-bond acceptors (Lipinski definition) is 5. The molecule has 2 aromatic heterocycles. The lowest BCUT2D eigenvalue weighted by Crippen LogP contribution is -2.13. The summed E-state index contributed by atoms with van der Waals surface area (Å²) in [6.45, 7) is -0.619. The van der Waals surface area contributed by atoms with Crippen LogP contribution in [0.4, 0.5) is 29.1 Å². The Morgan fingerprint density at radius 1 is 1.24 bits per heavy atom. The molecule has 2 heterocycles. The Hall–Kier alpha value is -2.13. The molecule has 3 aromatic rings. The maximum Gasteiger partial charge on any atom is 0.392 e. The first kappa shape index (κ1) is 17.7. The van der Waals surface area contributed by atoms with E-state index in [0.29, 0.717) is 21.1 Å². The lowest BCUT2D eigenvalue weighted by molar-refractivity contribution is -0.139. The quantitative estimate of drug-likeness (QED) is 0.578. The number of halogens is 5. The van der Waals surface area contributed by atoms with Gasteiger partial charge in [0.05, 0.1) is 28.4 Å². The molecule has 1 aromatic carbocycles. The average molecular weight is 392 g/mol. The summed E-state index contributed by atoms with van der Waals surface area (Å²) in [7, 11) is 0. The van der Waals surface area contributed by atoms with E-state index in [-0.39, 0.29) is 11.4 Å². The molecule has 1 N–H and O–H groups in total. The Balaban J connectivity index is 1.86. The summed E-state index contributed by atoms with van der Waals surface area (Å²) in [5.41, 5.74) is 0.832. The first-order valence-corrected chi connectivity index (χ1v) is 8.23. The zero-order chi connectivity index (χ0) is 18.0. The van der Waals surface area contributed by atoms with E-state index in [4.69, 9.17) is 16.3 Å². The number of thiophene rings is 1. The lowest BCUT2D eigenvalue weighted by Gasteiger charge is -2.14. The minimum Gasteiger partial charge on any atom is -0.491 e. The summed E-state index contributed by atoms with van der Waals surface area (Å²) in [6.07, 6.45) is -4.19. The second-order valence-electron chi connectivity index (χ2n) is 4.96. The number of alkyl halides is 3. The largest absolute Gasteiger partial charge is 0.491 e. The predicted molar refractivity (Wildman–Crippen MR) is 88.3 cm³/mol. The van der Waals surface area contributed by atoms with E-state index in [2.05, 4.69) is 15.3 Å². The molecule has 132 valence electrons. The van der Waals surface area contributed by atoms with Gasteiger partial charge in [-0.2, -0.15) is 13.2 Å². The van der Waals surface area contributed by atoms with Crippen LogP contribution >= 0.6 is 22.9 Å². The van der Waals surface area contributed by atoms with E-state index in [1.54, 1.807) is 5.38 Å². The van der Waals surface area contributed by atoms with Crippen molar-refractivity contribution >= 4 is 44.7 Å². The predicted octanol–water partition coefficient (Wildman–Crippen LogP) is 5.56. The highest BCUT2D eigenvalue weighted by Crippen LogP contribution is 2.35. The van der Waals surface area contributed by atoms with Crippen LogP contribution in [0, 0.1) is 5.82 Å². The Morgan fingerprint density at radius 3 is 2.80 bits per heavy atom. The molecule has 0 radical (unpaired) electrons. The third-order valence-electron chi connectivity index (χ3n) is 3.15. The zero-order valence-electron chi connectivity index (χ0n) is 12.4. The van der Waals surface area contributed by atoms with E-state index in [1.807, 2.05) is 0 Å². The fourth-order valence-corrected chi connectivity index (χ4v) is 3.19. The zero-order valence-corrected chi connectivity index (χ0v) is 14.0. The number of benzene rings is 1. The van der Waals surface area contributed by atoms with Gasteiger partial charge in [-0.05, 0) is 12.1 Å². The normalized spacial score (nSPS) is 11.7. The van der Waals surface area contributed by atoms with Crippen molar-refractivity contribution in [2.75, 3.05) is 11.9 Å². The fraction of sp³-hybridized carbons (Fsp3) is 0.200. The lowest BCUT2D eigenvalue weighted by atomic mass is 10.2. The standard InChI is InChI=1S/C15H10ClF4N3OS/c16-9-6-25-13-12(9)21-7-22-14(13)23-10-2-1-8(17)5-11(10)24-4-3-15(18,19)20/h1-2,5-7H,3-4H2,(H,21,22,23). The van der Waals surface area contributed by atoms with Crippen LogP contribution in [0.15, 0.2) is 29.9 Å². The van der Waals surface area contributed by atoms with Crippen LogP contribution in [0.5, 0.6) is 5.75 Å². The van der Waals surface area contributed by atoms with E-state index in [1.165, 1.54) is 29.8 Å². The third kappa shape index (κ3) is 4.29. The molecule has 0 aliphatic heterocycles. The van der Waals surface area contributed by atoms with E-state index >= 15 is 0 Å². The van der Waals surface area contributed by atoms with Gasteiger partial charge in [0.1, 0.15) is 23.4 Å². The van der Waals surface area contributed by atoms with Crippen LogP contribution in [0.3, 0.4) is 0 Å². The van der Waals surface area contributed by atoms with Crippen molar-refractivity contribution in [1.29, 1.82) is 0 Å². The van der Waals surface area contributed by atoms with Gasteiger partial charge in [0.25, 0.3) is 0 Å². The number of anilines is 2. The van der Waals surface area contributed by atoms with E-state index in [9.17, 15) is 17.6 Å². The molecule has 0 unspecified atom stereocenters. The van der Waals surface area contributed by atoms with Crippen molar-refractivity contribution in [3.05, 3.63) is 40.7 Å². The molecule has 0 amide bonds. The highest BCUT2D eigenvalue weighted by molar-refractivity contribution is 7.18. The summed E-state index contributed by atoms with van der Waals surface area (Å²) < 4.78 is 56.0. The number of ether oxygens (including phenoxy) is 1. The molecule has 0 saturated heterocycles. The van der Waals surface area contributed by atoms with Crippen LogP contribution in [-0.2, 0) is 0 Å². The molecule has 0 aliphatic carbocycles. The average Bonchev–Trinajstić information content (AvgIpc) is 2.91. The summed E-state index contributed by atoms with van der Waals surface area (Å²) in [5.74, 6) is -0.271. The SMILES string of the molecule is Fc1ccc(Nc2ncnc3c(Cl)csc23)c(OCCC(F)(F)F)c1. The number of hydrogen-bond donors (Lipinski definition) is 1. The Morgan fingerprint density at radius 2 is 2.04 bits per heavy atom. The third-order valence-corrected chi connectivity index (χ3v) is 4.54. The molecule has 4 nitrogen and oxygen atoms in total. The molecular formula is C15H10ClF4N3OS. The van der Waals surface area contributed by atoms with Gasteiger partial charge in [0.15, 0.2) is 5.82 Å². The Bertz CT molecular complexity index is 900. The first-order valence-electron chi connectivity index (χ1n) is 6.97. The van der Waals surface area contributed by atoms with Gasteiger partial charge >= 0.3 is 6.18 Å². The summed E-state index contributed by atoms with van der Waals surface area (Å²) in [4.78, 5) is 8.17. The van der Waals surface area contributed by atoms with Gasteiger partial charge in [0, 0.05) is 11.4 Å². The monoisotopic (exact) mass is 391 g/mol. The molecule has 10 heteroatoms. The molecule has 3 rings (SSSR count). The number of rotatable bonds is 5. The molecular weight excluding hydrogens is 382 g/mol. The van der Waals surface area contributed by atoms with Crippen LogP contribution in [0.2, 0.25) is 5.02 Å². The second-order valence-corrected chi connectivity index (χ2v) is 6.25. The van der Waals surface area contributed by atoms with Crippen LogP contribution < -0.4 is 10.1 Å². The Labute approximate surface area is 148 Å². The number of nitrogens with zero attached hydrogens (tertiary/aromatic N) is 2. The molecule has 0 bridgehead atoms. The van der Waals surface area contributed by atoms with Crippen molar-refractivity contribution in [2.45, 2.75) is 12.6 Å². The van der Waals surface area contributed by atoms with Gasteiger partial charge in [-0.1, -0.05) is 11.6 Å². The van der Waals surface area contributed by atoms with Crippen molar-refractivity contribution in [3.8, 4) is 5.75 Å². The highest BCUT2D eigenvalue weighted by Gasteiger charge is 2.27.